The van der Waals surface area contributed by atoms with Crippen molar-refractivity contribution in [2.24, 2.45) is 5.73 Å². The normalized spacial score (nSPS) is 35.8. The van der Waals surface area contributed by atoms with E-state index in [1.54, 1.807) is 0 Å². The SMILES string of the molecule is C/C=C/CCNC1(CN)CC(C)OC(C)C1. The van der Waals surface area contributed by atoms with Crippen molar-refractivity contribution in [2.45, 2.75) is 57.8 Å². The first-order chi connectivity index (χ1) is 7.62. The minimum Gasteiger partial charge on any atom is -0.375 e. The minimum absolute atomic E-state index is 0.0820. The van der Waals surface area contributed by atoms with Crippen LogP contribution in [0.2, 0.25) is 0 Å². The van der Waals surface area contributed by atoms with Gasteiger partial charge in [-0.3, -0.25) is 0 Å². The fourth-order valence-corrected chi connectivity index (χ4v) is 2.65. The van der Waals surface area contributed by atoms with Gasteiger partial charge in [0.1, 0.15) is 0 Å². The zero-order valence-corrected chi connectivity index (χ0v) is 10.8. The Bertz CT molecular complexity index is 218. The number of rotatable bonds is 5. The molecule has 1 aliphatic rings. The van der Waals surface area contributed by atoms with Crippen LogP contribution < -0.4 is 11.1 Å². The van der Waals surface area contributed by atoms with Gasteiger partial charge >= 0.3 is 0 Å². The van der Waals surface area contributed by atoms with E-state index in [1.165, 1.54) is 0 Å². The van der Waals surface area contributed by atoms with Crippen LogP contribution >= 0.6 is 0 Å². The summed E-state index contributed by atoms with van der Waals surface area (Å²) >= 11 is 0. The molecule has 16 heavy (non-hydrogen) atoms. The van der Waals surface area contributed by atoms with Crippen LogP contribution in [0.3, 0.4) is 0 Å². The number of nitrogens with one attached hydrogen (secondary N) is 1. The molecule has 3 nitrogen and oxygen atoms in total. The van der Waals surface area contributed by atoms with Crippen molar-refractivity contribution in [3.63, 3.8) is 0 Å². The van der Waals surface area contributed by atoms with E-state index in [2.05, 4.69) is 38.2 Å². The molecule has 94 valence electrons. The Morgan fingerprint density at radius 3 is 2.50 bits per heavy atom. The molecule has 0 aromatic carbocycles. The Morgan fingerprint density at radius 1 is 1.38 bits per heavy atom. The molecule has 0 bridgehead atoms. The molecule has 2 atom stereocenters. The molecule has 1 saturated heterocycles. The van der Waals surface area contributed by atoms with Crippen LogP contribution in [-0.2, 0) is 4.74 Å². The molecule has 0 spiro atoms. The smallest absolute Gasteiger partial charge is 0.0568 e. The van der Waals surface area contributed by atoms with Crippen molar-refractivity contribution >= 4 is 0 Å². The van der Waals surface area contributed by atoms with Crippen LogP contribution in [0.5, 0.6) is 0 Å². The summed E-state index contributed by atoms with van der Waals surface area (Å²) in [5, 5.41) is 3.62. The number of hydrogen-bond acceptors (Lipinski definition) is 3. The standard InChI is InChI=1S/C13H26N2O/c1-4-5-6-7-15-13(10-14)8-11(2)16-12(3)9-13/h4-5,11-12,15H,6-10,14H2,1-3H3/b5-4+. The molecule has 0 aromatic rings. The molecule has 0 saturated carbocycles. The molecular weight excluding hydrogens is 200 g/mol. The summed E-state index contributed by atoms with van der Waals surface area (Å²) in [6, 6.07) is 0. The maximum Gasteiger partial charge on any atom is 0.0568 e. The van der Waals surface area contributed by atoms with Gasteiger partial charge < -0.3 is 15.8 Å². The van der Waals surface area contributed by atoms with Crippen molar-refractivity contribution < 1.29 is 4.74 Å². The lowest BCUT2D eigenvalue weighted by molar-refractivity contribution is -0.0668. The molecular formula is C13H26N2O. The fraction of sp³-hybridized carbons (Fsp3) is 0.846. The first-order valence-electron chi connectivity index (χ1n) is 6.33. The highest BCUT2D eigenvalue weighted by Gasteiger charge is 2.36. The Morgan fingerprint density at radius 2 is 2.00 bits per heavy atom. The van der Waals surface area contributed by atoms with Gasteiger partial charge in [-0.1, -0.05) is 12.2 Å². The Balaban J connectivity index is 2.48. The zero-order valence-electron chi connectivity index (χ0n) is 10.8. The summed E-state index contributed by atoms with van der Waals surface area (Å²) in [6.07, 6.45) is 7.99. The average molecular weight is 226 g/mol. The molecule has 3 heteroatoms. The van der Waals surface area contributed by atoms with Crippen molar-refractivity contribution in [1.29, 1.82) is 0 Å². The van der Waals surface area contributed by atoms with Gasteiger partial charge in [0.15, 0.2) is 0 Å². The molecule has 0 radical (unpaired) electrons. The van der Waals surface area contributed by atoms with Crippen LogP contribution in [0.4, 0.5) is 0 Å². The highest BCUT2D eigenvalue weighted by atomic mass is 16.5. The number of hydrogen-bond donors (Lipinski definition) is 2. The van der Waals surface area contributed by atoms with Crippen molar-refractivity contribution in [3.05, 3.63) is 12.2 Å². The number of allylic oxidation sites excluding steroid dienone is 1. The molecule has 1 rings (SSSR count). The van der Waals surface area contributed by atoms with Crippen molar-refractivity contribution in [2.75, 3.05) is 13.1 Å². The molecule has 2 unspecified atom stereocenters. The number of nitrogens with two attached hydrogens (primary N) is 1. The molecule has 3 N–H and O–H groups in total. The van der Waals surface area contributed by atoms with E-state index < -0.39 is 0 Å². The second-order valence-corrected chi connectivity index (χ2v) is 4.93. The first-order valence-corrected chi connectivity index (χ1v) is 6.33. The van der Waals surface area contributed by atoms with Gasteiger partial charge in [-0.25, -0.2) is 0 Å². The van der Waals surface area contributed by atoms with Crippen molar-refractivity contribution in [1.82, 2.24) is 5.32 Å². The highest BCUT2D eigenvalue weighted by molar-refractivity contribution is 4.96. The lowest BCUT2D eigenvalue weighted by Gasteiger charge is -2.43. The van der Waals surface area contributed by atoms with Gasteiger partial charge in [-0.2, -0.15) is 0 Å². The summed E-state index contributed by atoms with van der Waals surface area (Å²) in [5.74, 6) is 0. The van der Waals surface area contributed by atoms with Crippen LogP contribution in [0.15, 0.2) is 12.2 Å². The van der Waals surface area contributed by atoms with Crippen LogP contribution in [0.1, 0.15) is 40.0 Å². The van der Waals surface area contributed by atoms with Crippen LogP contribution in [0, 0.1) is 0 Å². The first kappa shape index (κ1) is 13.7. The van der Waals surface area contributed by atoms with Gasteiger partial charge in [-0.15, -0.1) is 0 Å². The third-order valence-electron chi connectivity index (χ3n) is 3.26. The van der Waals surface area contributed by atoms with E-state index in [-0.39, 0.29) is 5.54 Å². The summed E-state index contributed by atoms with van der Waals surface area (Å²) in [5.41, 5.74) is 6.02. The molecule has 1 heterocycles. The van der Waals surface area contributed by atoms with Gasteiger partial charge in [0.2, 0.25) is 0 Å². The number of ether oxygens (including phenoxy) is 1. The maximum atomic E-state index is 5.94. The predicted octanol–water partition coefficient (Wildman–Crippen LogP) is 1.83. The molecule has 0 amide bonds. The Kier molecular flexibility index (Phi) is 5.46. The van der Waals surface area contributed by atoms with Gasteiger partial charge in [0.25, 0.3) is 0 Å². The molecule has 1 aliphatic heterocycles. The van der Waals surface area contributed by atoms with E-state index in [0.717, 1.165) is 25.8 Å². The van der Waals surface area contributed by atoms with E-state index in [9.17, 15) is 0 Å². The van der Waals surface area contributed by atoms with E-state index in [1.807, 2.05) is 0 Å². The van der Waals surface area contributed by atoms with Crippen LogP contribution in [0.25, 0.3) is 0 Å². The molecule has 0 aliphatic carbocycles. The topological polar surface area (TPSA) is 47.3 Å². The largest absolute Gasteiger partial charge is 0.375 e. The third kappa shape index (κ3) is 3.89. The van der Waals surface area contributed by atoms with E-state index in [4.69, 9.17) is 10.5 Å². The monoisotopic (exact) mass is 226 g/mol. The quantitative estimate of drug-likeness (QED) is 0.555. The van der Waals surface area contributed by atoms with Crippen molar-refractivity contribution in [3.8, 4) is 0 Å². The summed E-state index contributed by atoms with van der Waals surface area (Å²) < 4.78 is 5.76. The highest BCUT2D eigenvalue weighted by Crippen LogP contribution is 2.27. The Hall–Kier alpha value is -0.380. The summed E-state index contributed by atoms with van der Waals surface area (Å²) in [4.78, 5) is 0. The predicted molar refractivity (Wildman–Crippen MR) is 68.5 cm³/mol. The molecule has 1 fully saturated rings. The van der Waals surface area contributed by atoms with Gasteiger partial charge in [-0.05, 0) is 46.6 Å². The lowest BCUT2D eigenvalue weighted by atomic mass is 9.84. The fourth-order valence-electron chi connectivity index (χ4n) is 2.65. The maximum absolute atomic E-state index is 5.94. The second-order valence-electron chi connectivity index (χ2n) is 4.93. The third-order valence-corrected chi connectivity index (χ3v) is 3.26. The van der Waals surface area contributed by atoms with Gasteiger partial charge in [0.05, 0.1) is 12.2 Å². The average Bonchev–Trinajstić information content (AvgIpc) is 2.23. The Labute approximate surface area is 99.4 Å². The summed E-state index contributed by atoms with van der Waals surface area (Å²) in [6.45, 7) is 8.01. The summed E-state index contributed by atoms with van der Waals surface area (Å²) in [7, 11) is 0. The minimum atomic E-state index is 0.0820. The zero-order chi connectivity index (χ0) is 12.0. The van der Waals surface area contributed by atoms with E-state index >= 15 is 0 Å². The lowest BCUT2D eigenvalue weighted by Crippen LogP contribution is -2.58. The van der Waals surface area contributed by atoms with Crippen LogP contribution in [-0.4, -0.2) is 30.8 Å². The molecule has 0 aromatic heterocycles. The second kappa shape index (κ2) is 6.38. The van der Waals surface area contributed by atoms with Gasteiger partial charge in [0, 0.05) is 12.1 Å². The van der Waals surface area contributed by atoms with E-state index in [0.29, 0.717) is 18.8 Å².